The molecule has 1 aromatic heterocycles. The Bertz CT molecular complexity index is 681. The van der Waals surface area contributed by atoms with E-state index in [4.69, 9.17) is 0 Å². The Balaban J connectivity index is 1.47. The lowest BCUT2D eigenvalue weighted by Gasteiger charge is -2.17. The van der Waals surface area contributed by atoms with Gasteiger partial charge in [0.2, 0.25) is 0 Å². The summed E-state index contributed by atoms with van der Waals surface area (Å²) < 4.78 is 0. The third-order valence-corrected chi connectivity index (χ3v) is 4.55. The minimum atomic E-state index is -0.161. The second-order valence-electron chi connectivity index (χ2n) is 6.16. The van der Waals surface area contributed by atoms with E-state index >= 15 is 0 Å². The second kappa shape index (κ2) is 6.91. The molecule has 0 unspecified atom stereocenters. The Labute approximate surface area is 136 Å². The number of aromatic amines is 1. The molecule has 122 valence electrons. The number of carbonyl (C=O) groups is 1. The summed E-state index contributed by atoms with van der Waals surface area (Å²) in [7, 11) is 0. The van der Waals surface area contributed by atoms with Crippen LogP contribution in [0.15, 0.2) is 24.3 Å². The standard InChI is InChI=1S/C17H23N5O/c1-12-5-3-4-6-15(12)14-7-9-22(11-14)10-8-18-17(23)16-13(2)19-21-20-16/h3-6,14H,7-11H2,1-2H3,(H,18,23)(H,19,20,21)/t14-/m1/s1. The molecule has 0 radical (unpaired) electrons. The van der Waals surface area contributed by atoms with Crippen LogP contribution in [0.5, 0.6) is 0 Å². The predicted octanol–water partition coefficient (Wildman–Crippen LogP) is 1.64. The van der Waals surface area contributed by atoms with Crippen LogP contribution in [0.1, 0.15) is 39.6 Å². The van der Waals surface area contributed by atoms with Crippen molar-refractivity contribution in [3.05, 3.63) is 46.8 Å². The first-order chi connectivity index (χ1) is 11.1. The van der Waals surface area contributed by atoms with Crippen LogP contribution in [-0.4, -0.2) is 52.4 Å². The van der Waals surface area contributed by atoms with Gasteiger partial charge < -0.3 is 10.2 Å². The van der Waals surface area contributed by atoms with Crippen LogP contribution in [0.25, 0.3) is 0 Å². The molecule has 6 heteroatoms. The van der Waals surface area contributed by atoms with Gasteiger partial charge in [-0.05, 0) is 43.9 Å². The summed E-state index contributed by atoms with van der Waals surface area (Å²) in [6.45, 7) is 7.59. The van der Waals surface area contributed by atoms with E-state index in [-0.39, 0.29) is 5.91 Å². The molecule has 1 amide bonds. The molecule has 0 spiro atoms. The molecule has 23 heavy (non-hydrogen) atoms. The normalized spacial score (nSPS) is 18.3. The number of carbonyl (C=O) groups excluding carboxylic acids is 1. The first-order valence-electron chi connectivity index (χ1n) is 8.08. The van der Waals surface area contributed by atoms with E-state index in [2.05, 4.69) is 56.8 Å². The van der Waals surface area contributed by atoms with Gasteiger partial charge in [0.1, 0.15) is 0 Å². The highest BCUT2D eigenvalue weighted by molar-refractivity contribution is 5.93. The van der Waals surface area contributed by atoms with Gasteiger partial charge in [0.25, 0.3) is 5.91 Å². The number of benzene rings is 1. The van der Waals surface area contributed by atoms with Crippen molar-refractivity contribution in [2.75, 3.05) is 26.2 Å². The zero-order chi connectivity index (χ0) is 16.2. The minimum absolute atomic E-state index is 0.161. The van der Waals surface area contributed by atoms with Crippen molar-refractivity contribution >= 4 is 5.91 Å². The van der Waals surface area contributed by atoms with Crippen LogP contribution in [0, 0.1) is 13.8 Å². The monoisotopic (exact) mass is 313 g/mol. The highest BCUT2D eigenvalue weighted by Gasteiger charge is 2.24. The molecular formula is C17H23N5O. The Morgan fingerprint density at radius 2 is 2.17 bits per heavy atom. The molecule has 1 aliphatic heterocycles. The number of hydrogen-bond acceptors (Lipinski definition) is 4. The van der Waals surface area contributed by atoms with Gasteiger partial charge in [-0.15, -0.1) is 0 Å². The molecule has 6 nitrogen and oxygen atoms in total. The molecule has 2 aromatic rings. The van der Waals surface area contributed by atoms with E-state index in [9.17, 15) is 4.79 Å². The Hall–Kier alpha value is -2.21. The van der Waals surface area contributed by atoms with Gasteiger partial charge >= 0.3 is 0 Å². The number of amides is 1. The maximum absolute atomic E-state index is 12.0. The highest BCUT2D eigenvalue weighted by Crippen LogP contribution is 2.28. The molecule has 2 heterocycles. The molecule has 1 aromatic carbocycles. The van der Waals surface area contributed by atoms with Crippen molar-refractivity contribution in [1.29, 1.82) is 0 Å². The van der Waals surface area contributed by atoms with Gasteiger partial charge in [-0.1, -0.05) is 24.3 Å². The molecule has 1 fully saturated rings. The third-order valence-electron chi connectivity index (χ3n) is 4.55. The van der Waals surface area contributed by atoms with Gasteiger partial charge in [-0.25, -0.2) is 0 Å². The van der Waals surface area contributed by atoms with Crippen LogP contribution >= 0.6 is 0 Å². The Morgan fingerprint density at radius 1 is 1.35 bits per heavy atom. The fourth-order valence-electron chi connectivity index (χ4n) is 3.24. The summed E-state index contributed by atoms with van der Waals surface area (Å²) in [5.74, 6) is 0.440. The Morgan fingerprint density at radius 3 is 2.91 bits per heavy atom. The minimum Gasteiger partial charge on any atom is -0.349 e. The molecular weight excluding hydrogens is 290 g/mol. The summed E-state index contributed by atoms with van der Waals surface area (Å²) >= 11 is 0. The van der Waals surface area contributed by atoms with E-state index in [0.29, 0.717) is 23.9 Å². The van der Waals surface area contributed by atoms with E-state index in [1.807, 2.05) is 0 Å². The van der Waals surface area contributed by atoms with E-state index < -0.39 is 0 Å². The molecule has 0 saturated carbocycles. The lowest BCUT2D eigenvalue weighted by molar-refractivity contribution is 0.0944. The third kappa shape index (κ3) is 3.59. The van der Waals surface area contributed by atoms with Gasteiger partial charge in [-0.3, -0.25) is 4.79 Å². The summed E-state index contributed by atoms with van der Waals surface area (Å²) in [6, 6.07) is 8.62. The van der Waals surface area contributed by atoms with Crippen molar-refractivity contribution in [1.82, 2.24) is 25.6 Å². The van der Waals surface area contributed by atoms with Crippen molar-refractivity contribution < 1.29 is 4.79 Å². The smallest absolute Gasteiger partial charge is 0.273 e. The van der Waals surface area contributed by atoms with E-state index in [1.54, 1.807) is 6.92 Å². The summed E-state index contributed by atoms with van der Waals surface area (Å²) in [5, 5.41) is 13.1. The number of rotatable bonds is 5. The number of nitrogens with one attached hydrogen (secondary N) is 2. The maximum Gasteiger partial charge on any atom is 0.273 e. The predicted molar refractivity (Wildman–Crippen MR) is 88.4 cm³/mol. The van der Waals surface area contributed by atoms with Gasteiger partial charge in [-0.2, -0.15) is 15.4 Å². The summed E-state index contributed by atoms with van der Waals surface area (Å²) in [4.78, 5) is 14.4. The maximum atomic E-state index is 12.0. The van der Waals surface area contributed by atoms with Crippen LogP contribution in [-0.2, 0) is 0 Å². The van der Waals surface area contributed by atoms with Crippen LogP contribution < -0.4 is 5.32 Å². The highest BCUT2D eigenvalue weighted by atomic mass is 16.2. The largest absolute Gasteiger partial charge is 0.349 e. The van der Waals surface area contributed by atoms with Crippen molar-refractivity contribution in [3.8, 4) is 0 Å². The molecule has 3 rings (SSSR count). The fourth-order valence-corrected chi connectivity index (χ4v) is 3.24. The zero-order valence-electron chi connectivity index (χ0n) is 13.7. The molecule has 2 N–H and O–H groups in total. The number of H-pyrrole nitrogens is 1. The second-order valence-corrected chi connectivity index (χ2v) is 6.16. The fraction of sp³-hybridized carbons (Fsp3) is 0.471. The number of hydrogen-bond donors (Lipinski definition) is 2. The first kappa shape index (κ1) is 15.7. The van der Waals surface area contributed by atoms with Gasteiger partial charge in [0, 0.05) is 19.6 Å². The van der Waals surface area contributed by atoms with Crippen molar-refractivity contribution in [2.45, 2.75) is 26.2 Å². The van der Waals surface area contributed by atoms with Crippen LogP contribution in [0.2, 0.25) is 0 Å². The number of aryl methyl sites for hydroxylation is 2. The average molecular weight is 313 g/mol. The number of likely N-dealkylation sites (tertiary alicyclic amines) is 1. The molecule has 0 bridgehead atoms. The van der Waals surface area contributed by atoms with E-state index in [1.165, 1.54) is 17.5 Å². The average Bonchev–Trinajstić information content (AvgIpc) is 3.17. The topological polar surface area (TPSA) is 73.9 Å². The molecule has 1 aliphatic rings. The van der Waals surface area contributed by atoms with Crippen molar-refractivity contribution in [2.24, 2.45) is 0 Å². The lowest BCUT2D eigenvalue weighted by atomic mass is 9.94. The van der Waals surface area contributed by atoms with E-state index in [0.717, 1.165) is 19.6 Å². The summed E-state index contributed by atoms with van der Waals surface area (Å²) in [6.07, 6.45) is 1.18. The van der Waals surface area contributed by atoms with Crippen LogP contribution in [0.4, 0.5) is 0 Å². The zero-order valence-corrected chi connectivity index (χ0v) is 13.7. The number of nitrogens with zero attached hydrogens (tertiary/aromatic N) is 3. The van der Waals surface area contributed by atoms with Gasteiger partial charge in [0.05, 0.1) is 5.69 Å². The SMILES string of the molecule is Cc1ccccc1[C@@H]1CCN(CCNC(=O)c2n[nH]nc2C)C1. The van der Waals surface area contributed by atoms with Crippen molar-refractivity contribution in [3.63, 3.8) is 0 Å². The molecule has 1 atom stereocenters. The van der Waals surface area contributed by atoms with Crippen LogP contribution in [0.3, 0.4) is 0 Å². The summed E-state index contributed by atoms with van der Waals surface area (Å²) in [5.41, 5.74) is 3.83. The quantitative estimate of drug-likeness (QED) is 0.880. The lowest BCUT2D eigenvalue weighted by Crippen LogP contribution is -2.34. The molecule has 1 saturated heterocycles. The molecule has 0 aliphatic carbocycles. The number of aromatic nitrogens is 3. The Kier molecular flexibility index (Phi) is 4.71. The van der Waals surface area contributed by atoms with Gasteiger partial charge in [0.15, 0.2) is 5.69 Å². The first-order valence-corrected chi connectivity index (χ1v) is 8.08.